The second kappa shape index (κ2) is 10.8. The standard InChI is InChI=1S/C22H23N3O3.C2H2O4/c1-2-4-19(5-3-1)25-16-18(15-24-8-10-26-11-9-24)22(23-25)17-6-7-20-21(14-17)28-13-12-27-20;3-1(4)2(5)6/h1-7,14,16H,8-13,15H2;(H,3,4)(H,5,6). The van der Waals surface area contributed by atoms with E-state index in [1.54, 1.807) is 0 Å². The van der Waals surface area contributed by atoms with Crippen LogP contribution < -0.4 is 9.47 Å². The molecule has 2 aromatic carbocycles. The largest absolute Gasteiger partial charge is 0.486 e. The summed E-state index contributed by atoms with van der Waals surface area (Å²) in [4.78, 5) is 20.6. The predicted octanol–water partition coefficient (Wildman–Crippen LogP) is 2.30. The van der Waals surface area contributed by atoms with Crippen molar-refractivity contribution in [3.05, 3.63) is 60.3 Å². The lowest BCUT2D eigenvalue weighted by atomic mass is 10.1. The van der Waals surface area contributed by atoms with Crippen molar-refractivity contribution in [3.8, 4) is 28.4 Å². The van der Waals surface area contributed by atoms with Gasteiger partial charge < -0.3 is 24.4 Å². The van der Waals surface area contributed by atoms with Crippen LogP contribution in [0.1, 0.15) is 5.56 Å². The average Bonchev–Trinajstić information content (AvgIpc) is 3.29. The number of carboxylic acid groups (broad SMARTS) is 2. The lowest BCUT2D eigenvalue weighted by Crippen LogP contribution is -2.35. The zero-order valence-corrected chi connectivity index (χ0v) is 18.4. The molecule has 0 saturated carbocycles. The molecule has 3 aromatic rings. The number of hydrogen-bond acceptors (Lipinski definition) is 7. The average molecular weight is 467 g/mol. The van der Waals surface area contributed by atoms with Crippen LogP contribution in [0.3, 0.4) is 0 Å². The number of rotatable bonds is 4. The van der Waals surface area contributed by atoms with Gasteiger partial charge in [-0.2, -0.15) is 5.10 Å². The van der Waals surface area contributed by atoms with Gasteiger partial charge in [0, 0.05) is 37.0 Å². The van der Waals surface area contributed by atoms with E-state index in [9.17, 15) is 0 Å². The van der Waals surface area contributed by atoms with Gasteiger partial charge in [0.15, 0.2) is 11.5 Å². The van der Waals surface area contributed by atoms with Crippen LogP contribution in [0.15, 0.2) is 54.7 Å². The summed E-state index contributed by atoms with van der Waals surface area (Å²) in [5.74, 6) is -2.06. The Morgan fingerprint density at radius 3 is 2.24 bits per heavy atom. The first-order valence-corrected chi connectivity index (χ1v) is 10.8. The van der Waals surface area contributed by atoms with E-state index in [1.165, 1.54) is 5.56 Å². The van der Waals surface area contributed by atoms with Crippen molar-refractivity contribution in [1.82, 2.24) is 14.7 Å². The third-order valence-electron chi connectivity index (χ3n) is 5.31. The fraction of sp³-hybridized carbons (Fsp3) is 0.292. The Morgan fingerprint density at radius 2 is 1.56 bits per heavy atom. The van der Waals surface area contributed by atoms with Crippen molar-refractivity contribution in [1.29, 1.82) is 0 Å². The number of carboxylic acids is 2. The number of carbonyl (C=O) groups is 2. The molecular weight excluding hydrogens is 442 g/mol. The molecule has 1 fully saturated rings. The maximum atomic E-state index is 9.10. The van der Waals surface area contributed by atoms with Gasteiger partial charge in [0.05, 0.1) is 24.6 Å². The quantitative estimate of drug-likeness (QED) is 0.556. The first-order valence-electron chi connectivity index (χ1n) is 10.8. The minimum absolute atomic E-state index is 0.579. The molecule has 0 bridgehead atoms. The number of aliphatic carboxylic acids is 2. The second-order valence-corrected chi connectivity index (χ2v) is 7.64. The lowest BCUT2D eigenvalue weighted by molar-refractivity contribution is -0.159. The highest BCUT2D eigenvalue weighted by molar-refractivity contribution is 6.27. The van der Waals surface area contributed by atoms with Crippen LogP contribution in [0.4, 0.5) is 0 Å². The Kier molecular flexibility index (Phi) is 7.41. The summed E-state index contributed by atoms with van der Waals surface area (Å²) in [5, 5.41) is 19.7. The molecule has 0 radical (unpaired) electrons. The van der Waals surface area contributed by atoms with E-state index >= 15 is 0 Å². The molecule has 178 valence electrons. The van der Waals surface area contributed by atoms with Crippen molar-refractivity contribution in [2.24, 2.45) is 0 Å². The number of aromatic nitrogens is 2. The van der Waals surface area contributed by atoms with Gasteiger partial charge in [0.2, 0.25) is 0 Å². The second-order valence-electron chi connectivity index (χ2n) is 7.64. The number of para-hydroxylation sites is 1. The van der Waals surface area contributed by atoms with E-state index < -0.39 is 11.9 Å². The van der Waals surface area contributed by atoms with Crippen LogP contribution in [0.25, 0.3) is 16.9 Å². The van der Waals surface area contributed by atoms with E-state index in [0.717, 1.165) is 61.3 Å². The van der Waals surface area contributed by atoms with Gasteiger partial charge in [0.1, 0.15) is 13.2 Å². The summed E-state index contributed by atoms with van der Waals surface area (Å²) in [7, 11) is 0. The summed E-state index contributed by atoms with van der Waals surface area (Å²) >= 11 is 0. The van der Waals surface area contributed by atoms with Crippen molar-refractivity contribution < 1.29 is 34.0 Å². The van der Waals surface area contributed by atoms with Crippen molar-refractivity contribution >= 4 is 11.9 Å². The fourth-order valence-electron chi connectivity index (χ4n) is 3.67. The molecule has 3 heterocycles. The Bertz CT molecular complexity index is 1130. The Balaban J connectivity index is 0.000000408. The van der Waals surface area contributed by atoms with E-state index in [1.807, 2.05) is 35.0 Å². The normalized spacial score (nSPS) is 15.2. The number of nitrogens with zero attached hydrogens (tertiary/aromatic N) is 3. The molecule has 1 aromatic heterocycles. The summed E-state index contributed by atoms with van der Waals surface area (Å²) in [6.45, 7) is 5.47. The highest BCUT2D eigenvalue weighted by Crippen LogP contribution is 2.35. The highest BCUT2D eigenvalue weighted by Gasteiger charge is 2.20. The molecule has 5 rings (SSSR count). The van der Waals surface area contributed by atoms with Crippen molar-refractivity contribution in [3.63, 3.8) is 0 Å². The minimum Gasteiger partial charge on any atom is -0.486 e. The molecule has 2 aliphatic heterocycles. The molecular formula is C24H25N3O7. The molecule has 10 nitrogen and oxygen atoms in total. The van der Waals surface area contributed by atoms with Gasteiger partial charge in [-0.15, -0.1) is 0 Å². The third kappa shape index (κ3) is 5.72. The monoisotopic (exact) mass is 467 g/mol. The van der Waals surface area contributed by atoms with E-state index in [-0.39, 0.29) is 0 Å². The van der Waals surface area contributed by atoms with Crippen LogP contribution in [0.5, 0.6) is 11.5 Å². The SMILES string of the molecule is O=C(O)C(=O)O.c1ccc(-n2cc(CN3CCOCC3)c(-c3ccc4c(c3)OCCO4)n2)cc1. The molecule has 1 saturated heterocycles. The van der Waals surface area contributed by atoms with Crippen molar-refractivity contribution in [2.75, 3.05) is 39.5 Å². The van der Waals surface area contributed by atoms with Crippen LogP contribution in [0, 0.1) is 0 Å². The summed E-state index contributed by atoms with van der Waals surface area (Å²) in [5.41, 5.74) is 4.27. The number of fused-ring (bicyclic) bond motifs is 1. The Morgan fingerprint density at radius 1 is 0.882 bits per heavy atom. The summed E-state index contributed by atoms with van der Waals surface area (Å²) < 4.78 is 18.9. The van der Waals surface area contributed by atoms with Crippen LogP contribution in [0.2, 0.25) is 0 Å². The molecule has 34 heavy (non-hydrogen) atoms. The number of benzene rings is 2. The number of morpholine rings is 1. The Hall–Kier alpha value is -3.89. The number of hydrogen-bond donors (Lipinski definition) is 2. The van der Waals surface area contributed by atoms with E-state index in [0.29, 0.717) is 13.2 Å². The lowest BCUT2D eigenvalue weighted by Gasteiger charge is -2.26. The zero-order chi connectivity index (χ0) is 23.9. The zero-order valence-electron chi connectivity index (χ0n) is 18.4. The highest BCUT2D eigenvalue weighted by atomic mass is 16.6. The minimum atomic E-state index is -1.82. The first-order chi connectivity index (χ1) is 16.5. The topological polar surface area (TPSA) is 123 Å². The predicted molar refractivity (Wildman–Crippen MR) is 121 cm³/mol. The summed E-state index contributed by atoms with van der Waals surface area (Å²) in [6.07, 6.45) is 2.14. The van der Waals surface area contributed by atoms with Crippen molar-refractivity contribution in [2.45, 2.75) is 6.54 Å². The van der Waals surface area contributed by atoms with Gasteiger partial charge in [-0.25, -0.2) is 14.3 Å². The van der Waals surface area contributed by atoms with Gasteiger partial charge in [0.25, 0.3) is 0 Å². The summed E-state index contributed by atoms with van der Waals surface area (Å²) in [6, 6.07) is 16.3. The molecule has 10 heteroatoms. The van der Waals surface area contributed by atoms with Gasteiger partial charge in [-0.1, -0.05) is 18.2 Å². The van der Waals surface area contributed by atoms with E-state index in [2.05, 4.69) is 29.3 Å². The molecule has 0 spiro atoms. The van der Waals surface area contributed by atoms with Gasteiger partial charge in [-0.3, -0.25) is 4.90 Å². The maximum absolute atomic E-state index is 9.10. The maximum Gasteiger partial charge on any atom is 0.414 e. The molecule has 2 N–H and O–H groups in total. The third-order valence-corrected chi connectivity index (χ3v) is 5.31. The van der Waals surface area contributed by atoms with Gasteiger partial charge >= 0.3 is 11.9 Å². The fourth-order valence-corrected chi connectivity index (χ4v) is 3.67. The van der Waals surface area contributed by atoms with Crippen LogP contribution in [-0.2, 0) is 20.9 Å². The smallest absolute Gasteiger partial charge is 0.414 e. The Labute approximate surface area is 195 Å². The van der Waals surface area contributed by atoms with Crippen LogP contribution >= 0.6 is 0 Å². The van der Waals surface area contributed by atoms with Crippen LogP contribution in [-0.4, -0.2) is 76.3 Å². The molecule has 0 unspecified atom stereocenters. The molecule has 2 aliphatic rings. The molecule has 0 atom stereocenters. The molecule has 0 aliphatic carbocycles. The molecule has 0 amide bonds. The van der Waals surface area contributed by atoms with Gasteiger partial charge in [-0.05, 0) is 30.3 Å². The first kappa shape index (κ1) is 23.3. The van der Waals surface area contributed by atoms with E-state index in [4.69, 9.17) is 39.1 Å². The number of ether oxygens (including phenoxy) is 3.